The largest absolute Gasteiger partial charge is 0.361 e. The van der Waals surface area contributed by atoms with Crippen molar-refractivity contribution in [2.45, 2.75) is 0 Å². The molecule has 3 aromatic rings. The summed E-state index contributed by atoms with van der Waals surface area (Å²) in [7, 11) is 1.96. The van der Waals surface area contributed by atoms with Crippen LogP contribution >= 0.6 is 0 Å². The van der Waals surface area contributed by atoms with Gasteiger partial charge in [-0.05, 0) is 18.2 Å². The van der Waals surface area contributed by atoms with E-state index in [9.17, 15) is 0 Å². The zero-order chi connectivity index (χ0) is 8.84. The SMILES string of the molecule is Cn1ncc2cc3[nH]ccc3cc21. The standard InChI is InChI=1S/C10H9N3/c1-13-10-5-7-2-3-11-9(7)4-8(10)6-12-13/h2-6,11H,1H3. The van der Waals surface area contributed by atoms with Crippen molar-refractivity contribution in [2.75, 3.05) is 0 Å². The highest BCUT2D eigenvalue weighted by molar-refractivity contribution is 5.94. The number of aryl methyl sites for hydroxylation is 1. The van der Waals surface area contributed by atoms with E-state index in [1.165, 1.54) is 21.8 Å². The number of nitrogens with one attached hydrogen (secondary N) is 1. The maximum Gasteiger partial charge on any atom is 0.0686 e. The maximum atomic E-state index is 4.20. The van der Waals surface area contributed by atoms with E-state index in [2.05, 4.69) is 28.3 Å². The van der Waals surface area contributed by atoms with Crippen LogP contribution in [0, 0.1) is 0 Å². The molecule has 0 amide bonds. The van der Waals surface area contributed by atoms with Gasteiger partial charge in [0.1, 0.15) is 0 Å². The zero-order valence-corrected chi connectivity index (χ0v) is 7.28. The Kier molecular flexibility index (Phi) is 1.10. The summed E-state index contributed by atoms with van der Waals surface area (Å²) in [6, 6.07) is 6.34. The summed E-state index contributed by atoms with van der Waals surface area (Å²) in [5, 5.41) is 6.61. The molecule has 0 spiro atoms. The Morgan fingerprint density at radius 3 is 3.15 bits per heavy atom. The summed E-state index contributed by atoms with van der Waals surface area (Å²) < 4.78 is 1.89. The van der Waals surface area contributed by atoms with Gasteiger partial charge in [0.15, 0.2) is 0 Å². The lowest BCUT2D eigenvalue weighted by Crippen LogP contribution is -1.87. The molecule has 0 aliphatic carbocycles. The molecule has 0 fully saturated rings. The quantitative estimate of drug-likeness (QED) is 0.551. The van der Waals surface area contributed by atoms with E-state index in [1.54, 1.807) is 0 Å². The third-order valence-electron chi connectivity index (χ3n) is 2.42. The van der Waals surface area contributed by atoms with Crippen LogP contribution in [-0.2, 0) is 7.05 Å². The molecular formula is C10H9N3. The Hall–Kier alpha value is -1.77. The lowest BCUT2D eigenvalue weighted by Gasteiger charge is -1.94. The van der Waals surface area contributed by atoms with Crippen molar-refractivity contribution >= 4 is 21.8 Å². The Morgan fingerprint density at radius 2 is 2.23 bits per heavy atom. The number of hydrogen-bond acceptors (Lipinski definition) is 1. The summed E-state index contributed by atoms with van der Waals surface area (Å²) in [4.78, 5) is 3.18. The number of benzene rings is 1. The van der Waals surface area contributed by atoms with Crippen LogP contribution in [-0.4, -0.2) is 14.8 Å². The predicted octanol–water partition coefficient (Wildman–Crippen LogP) is 2.05. The maximum absolute atomic E-state index is 4.20. The van der Waals surface area contributed by atoms with Gasteiger partial charge >= 0.3 is 0 Å². The van der Waals surface area contributed by atoms with E-state index in [-0.39, 0.29) is 0 Å². The summed E-state index contributed by atoms with van der Waals surface area (Å²) in [6.07, 6.45) is 3.84. The Bertz CT molecular complexity index is 574. The molecule has 0 atom stereocenters. The van der Waals surface area contributed by atoms with Crippen molar-refractivity contribution < 1.29 is 0 Å². The molecule has 0 saturated carbocycles. The Labute approximate surface area is 75.0 Å². The zero-order valence-electron chi connectivity index (χ0n) is 7.28. The predicted molar refractivity (Wildman–Crippen MR) is 52.6 cm³/mol. The van der Waals surface area contributed by atoms with Crippen molar-refractivity contribution in [3.05, 3.63) is 30.6 Å². The van der Waals surface area contributed by atoms with Crippen LogP contribution in [0.5, 0.6) is 0 Å². The van der Waals surface area contributed by atoms with Gasteiger partial charge in [-0.25, -0.2) is 0 Å². The molecule has 1 aromatic carbocycles. The molecule has 0 aliphatic rings. The molecule has 3 rings (SSSR count). The minimum atomic E-state index is 1.17. The molecule has 0 radical (unpaired) electrons. The second-order valence-corrected chi connectivity index (χ2v) is 3.24. The molecule has 0 saturated heterocycles. The summed E-state index contributed by atoms with van der Waals surface area (Å²) in [5.41, 5.74) is 2.34. The van der Waals surface area contributed by atoms with Crippen molar-refractivity contribution in [2.24, 2.45) is 7.05 Å². The second kappa shape index (κ2) is 2.13. The van der Waals surface area contributed by atoms with Gasteiger partial charge in [0.25, 0.3) is 0 Å². The number of nitrogens with zero attached hydrogens (tertiary/aromatic N) is 2. The number of aromatic nitrogens is 3. The number of H-pyrrole nitrogens is 1. The molecule has 64 valence electrons. The minimum absolute atomic E-state index is 1.17. The van der Waals surface area contributed by atoms with Crippen molar-refractivity contribution in [1.29, 1.82) is 0 Å². The smallest absolute Gasteiger partial charge is 0.0686 e. The van der Waals surface area contributed by atoms with Gasteiger partial charge < -0.3 is 4.98 Å². The van der Waals surface area contributed by atoms with Crippen molar-refractivity contribution in [1.82, 2.24) is 14.8 Å². The van der Waals surface area contributed by atoms with E-state index >= 15 is 0 Å². The third-order valence-corrected chi connectivity index (χ3v) is 2.42. The molecule has 1 N–H and O–H groups in total. The number of rotatable bonds is 0. The second-order valence-electron chi connectivity index (χ2n) is 3.24. The lowest BCUT2D eigenvalue weighted by molar-refractivity contribution is 0.797. The van der Waals surface area contributed by atoms with E-state index in [0.717, 1.165) is 0 Å². The molecule has 0 aliphatic heterocycles. The molecular weight excluding hydrogens is 162 g/mol. The third kappa shape index (κ3) is 0.811. The van der Waals surface area contributed by atoms with E-state index in [4.69, 9.17) is 0 Å². The van der Waals surface area contributed by atoms with Crippen LogP contribution in [0.4, 0.5) is 0 Å². The number of aromatic amines is 1. The first kappa shape index (κ1) is 6.71. The van der Waals surface area contributed by atoms with Crippen LogP contribution < -0.4 is 0 Å². The highest BCUT2D eigenvalue weighted by atomic mass is 15.2. The molecule has 13 heavy (non-hydrogen) atoms. The fourth-order valence-electron chi connectivity index (χ4n) is 1.70. The van der Waals surface area contributed by atoms with E-state index in [1.807, 2.05) is 24.1 Å². The van der Waals surface area contributed by atoms with Gasteiger partial charge in [0.05, 0.1) is 11.7 Å². The lowest BCUT2D eigenvalue weighted by atomic mass is 10.2. The first-order valence-electron chi connectivity index (χ1n) is 4.23. The molecule has 3 nitrogen and oxygen atoms in total. The summed E-state index contributed by atoms with van der Waals surface area (Å²) in [5.74, 6) is 0. The Balaban J connectivity index is 2.59. The molecule has 0 bridgehead atoms. The monoisotopic (exact) mass is 171 g/mol. The minimum Gasteiger partial charge on any atom is -0.361 e. The number of fused-ring (bicyclic) bond motifs is 2. The van der Waals surface area contributed by atoms with E-state index < -0.39 is 0 Å². The highest BCUT2D eigenvalue weighted by Crippen LogP contribution is 2.20. The average Bonchev–Trinajstić information content (AvgIpc) is 2.70. The molecule has 0 unspecified atom stereocenters. The van der Waals surface area contributed by atoms with E-state index in [0.29, 0.717) is 0 Å². The van der Waals surface area contributed by atoms with Crippen LogP contribution in [0.15, 0.2) is 30.6 Å². The van der Waals surface area contributed by atoms with Gasteiger partial charge in [-0.15, -0.1) is 0 Å². The van der Waals surface area contributed by atoms with Gasteiger partial charge in [-0.1, -0.05) is 0 Å². The van der Waals surface area contributed by atoms with Crippen LogP contribution in [0.25, 0.3) is 21.8 Å². The average molecular weight is 171 g/mol. The van der Waals surface area contributed by atoms with Crippen molar-refractivity contribution in [3.63, 3.8) is 0 Å². The fourth-order valence-corrected chi connectivity index (χ4v) is 1.70. The van der Waals surface area contributed by atoms with Crippen LogP contribution in [0.3, 0.4) is 0 Å². The summed E-state index contributed by atoms with van der Waals surface area (Å²) in [6.45, 7) is 0. The molecule has 3 heteroatoms. The molecule has 2 aromatic heterocycles. The van der Waals surface area contributed by atoms with Gasteiger partial charge in [-0.2, -0.15) is 5.10 Å². The van der Waals surface area contributed by atoms with Gasteiger partial charge in [-0.3, -0.25) is 4.68 Å². The van der Waals surface area contributed by atoms with Crippen LogP contribution in [0.2, 0.25) is 0 Å². The van der Waals surface area contributed by atoms with Crippen molar-refractivity contribution in [3.8, 4) is 0 Å². The first-order chi connectivity index (χ1) is 6.34. The highest BCUT2D eigenvalue weighted by Gasteiger charge is 2.01. The fraction of sp³-hybridized carbons (Fsp3) is 0.100. The normalized spacial score (nSPS) is 11.5. The topological polar surface area (TPSA) is 33.6 Å². The van der Waals surface area contributed by atoms with Gasteiger partial charge in [0, 0.05) is 29.5 Å². The molecule has 2 heterocycles. The van der Waals surface area contributed by atoms with Crippen LogP contribution in [0.1, 0.15) is 0 Å². The van der Waals surface area contributed by atoms with Gasteiger partial charge in [0.2, 0.25) is 0 Å². The Morgan fingerprint density at radius 1 is 1.31 bits per heavy atom. The summed E-state index contributed by atoms with van der Waals surface area (Å²) >= 11 is 0. The first-order valence-corrected chi connectivity index (χ1v) is 4.23. The number of hydrogen-bond donors (Lipinski definition) is 1.